The maximum atomic E-state index is 12.6. The molecule has 0 aromatic heterocycles. The minimum Gasteiger partial charge on any atom is -0.380 e. The summed E-state index contributed by atoms with van der Waals surface area (Å²) in [5.41, 5.74) is 3.33. The second-order valence-corrected chi connectivity index (χ2v) is 10.7. The quantitative estimate of drug-likeness (QED) is 0.570. The van der Waals surface area contributed by atoms with Gasteiger partial charge in [-0.3, -0.25) is 9.79 Å². The molecule has 0 radical (unpaired) electrons. The molecule has 4 heteroatoms. The van der Waals surface area contributed by atoms with E-state index in [1.807, 2.05) is 7.05 Å². The van der Waals surface area contributed by atoms with E-state index in [0.29, 0.717) is 17.1 Å². The van der Waals surface area contributed by atoms with Crippen LogP contribution in [-0.2, 0) is 9.53 Å². The van der Waals surface area contributed by atoms with E-state index in [2.05, 4.69) is 25.2 Å². The molecule has 4 aliphatic carbocycles. The molecule has 4 aliphatic rings. The molecule has 30 heavy (non-hydrogen) atoms. The number of hydrogen-bond acceptors (Lipinski definition) is 4. The fraction of sp³-hybridized carbons (Fsp3) is 0.846. The Labute approximate surface area is 183 Å². The highest BCUT2D eigenvalue weighted by molar-refractivity contribution is 5.96. The van der Waals surface area contributed by atoms with Crippen LogP contribution >= 0.6 is 0 Å². The summed E-state index contributed by atoms with van der Waals surface area (Å²) in [7, 11) is 1.95. The molecule has 0 aromatic rings. The predicted octanol–water partition coefficient (Wildman–Crippen LogP) is 4.98. The van der Waals surface area contributed by atoms with E-state index in [4.69, 9.17) is 9.73 Å². The predicted molar refractivity (Wildman–Crippen MR) is 123 cm³/mol. The number of nitrogens with zero attached hydrogens (tertiary/aromatic N) is 1. The van der Waals surface area contributed by atoms with Crippen molar-refractivity contribution in [3.63, 3.8) is 0 Å². The van der Waals surface area contributed by atoms with Crippen molar-refractivity contribution in [3.05, 3.63) is 11.6 Å². The first-order valence-electron chi connectivity index (χ1n) is 12.5. The van der Waals surface area contributed by atoms with Crippen LogP contribution < -0.4 is 5.32 Å². The van der Waals surface area contributed by atoms with Crippen molar-refractivity contribution in [1.82, 2.24) is 5.32 Å². The number of ketones is 1. The zero-order valence-electron chi connectivity index (χ0n) is 19.5. The van der Waals surface area contributed by atoms with Gasteiger partial charge in [-0.2, -0.15) is 0 Å². The number of fused-ring (bicyclic) bond motifs is 5. The van der Waals surface area contributed by atoms with Gasteiger partial charge in [0.15, 0.2) is 0 Å². The van der Waals surface area contributed by atoms with Crippen LogP contribution in [0, 0.1) is 28.6 Å². The lowest BCUT2D eigenvalue weighted by Crippen LogP contribution is -2.50. The van der Waals surface area contributed by atoms with Gasteiger partial charge in [-0.05, 0) is 94.1 Å². The minimum absolute atomic E-state index is 0.00318. The van der Waals surface area contributed by atoms with Crippen LogP contribution in [0.1, 0.15) is 78.1 Å². The molecule has 0 saturated heterocycles. The van der Waals surface area contributed by atoms with E-state index in [0.717, 1.165) is 76.7 Å². The molecule has 0 bridgehead atoms. The Bertz CT molecular complexity index is 699. The van der Waals surface area contributed by atoms with Gasteiger partial charge in [0, 0.05) is 37.2 Å². The number of hydrogen-bond donors (Lipinski definition) is 1. The summed E-state index contributed by atoms with van der Waals surface area (Å²) in [6.07, 6.45) is 13.9. The van der Waals surface area contributed by atoms with Crippen LogP contribution in [0.25, 0.3) is 0 Å². The Morgan fingerprint density at radius 1 is 1.03 bits per heavy atom. The number of carbonyl (C=O) groups excluding carboxylic acids is 1. The van der Waals surface area contributed by atoms with Gasteiger partial charge in [0.2, 0.25) is 0 Å². The lowest BCUT2D eigenvalue weighted by atomic mass is 9.47. The topological polar surface area (TPSA) is 50.7 Å². The first kappa shape index (κ1) is 22.2. The van der Waals surface area contributed by atoms with E-state index < -0.39 is 0 Å². The molecule has 4 nitrogen and oxygen atoms in total. The zero-order valence-corrected chi connectivity index (χ0v) is 19.5. The Morgan fingerprint density at radius 3 is 2.70 bits per heavy atom. The molecule has 3 saturated carbocycles. The van der Waals surface area contributed by atoms with Gasteiger partial charge in [-0.1, -0.05) is 19.4 Å². The fourth-order valence-electron chi connectivity index (χ4n) is 7.28. The molecule has 0 aliphatic heterocycles. The number of nitrogens with one attached hydrogen (secondary N) is 1. The minimum atomic E-state index is -0.00318. The van der Waals surface area contributed by atoms with Crippen molar-refractivity contribution in [2.24, 2.45) is 33.6 Å². The van der Waals surface area contributed by atoms with Crippen molar-refractivity contribution in [3.8, 4) is 0 Å². The molecule has 0 aromatic carbocycles. The van der Waals surface area contributed by atoms with Crippen LogP contribution in [0.3, 0.4) is 0 Å². The second-order valence-electron chi connectivity index (χ2n) is 10.7. The first-order chi connectivity index (χ1) is 14.5. The molecular formula is C26H42N2O2. The molecule has 5 unspecified atom stereocenters. The average Bonchev–Trinajstić information content (AvgIpc) is 3.05. The number of Topliss-reactive ketones (excluding diaryl/α,β-unsaturated/α-hetero) is 1. The van der Waals surface area contributed by atoms with Crippen molar-refractivity contribution in [1.29, 1.82) is 0 Å². The summed E-state index contributed by atoms with van der Waals surface area (Å²) in [4.78, 5) is 17.5. The van der Waals surface area contributed by atoms with E-state index in [-0.39, 0.29) is 5.41 Å². The fourth-order valence-corrected chi connectivity index (χ4v) is 7.28. The van der Waals surface area contributed by atoms with E-state index in [1.165, 1.54) is 31.4 Å². The molecule has 168 valence electrons. The lowest BCUT2D eigenvalue weighted by molar-refractivity contribution is -0.132. The van der Waals surface area contributed by atoms with Gasteiger partial charge in [-0.25, -0.2) is 0 Å². The van der Waals surface area contributed by atoms with E-state index >= 15 is 0 Å². The van der Waals surface area contributed by atoms with Crippen molar-refractivity contribution in [2.75, 3.05) is 33.4 Å². The molecule has 0 spiro atoms. The highest BCUT2D eigenvalue weighted by Gasteiger charge is 2.58. The molecule has 4 rings (SSSR count). The number of unbranched alkanes of at least 4 members (excludes halogenated alkanes) is 1. The SMILES string of the molecule is CNCCOCCCCN=C1C=C2CCC3C4CCC(=O)C4(C)CCC3C2(C)CC1. The van der Waals surface area contributed by atoms with Gasteiger partial charge < -0.3 is 10.1 Å². The number of allylic oxidation sites excluding steroid dienone is 2. The van der Waals surface area contributed by atoms with Gasteiger partial charge in [0.05, 0.1) is 6.61 Å². The number of likely N-dealkylation sites (N-methyl/N-ethyl adjacent to an activating group) is 1. The molecule has 0 amide bonds. The second kappa shape index (κ2) is 9.24. The van der Waals surface area contributed by atoms with Crippen LogP contribution in [-0.4, -0.2) is 44.8 Å². The van der Waals surface area contributed by atoms with E-state index in [9.17, 15) is 4.79 Å². The lowest BCUT2D eigenvalue weighted by Gasteiger charge is -2.57. The number of aliphatic imine (C=N–C) groups is 1. The first-order valence-corrected chi connectivity index (χ1v) is 12.5. The molecular weight excluding hydrogens is 372 g/mol. The Morgan fingerprint density at radius 2 is 1.87 bits per heavy atom. The standard InChI is InChI=1S/C26H42N2O2/c1-25-12-10-20(28-14-4-5-16-30-17-15-27-3)18-19(25)6-7-21-22-8-9-24(29)26(22,2)13-11-23(21)25/h18,21-23,27H,4-17H2,1-3H3. The number of rotatable bonds is 8. The van der Waals surface area contributed by atoms with Gasteiger partial charge in [0.1, 0.15) is 5.78 Å². The number of ether oxygens (including phenoxy) is 1. The molecule has 3 fully saturated rings. The zero-order chi connectivity index (χ0) is 21.2. The Hall–Kier alpha value is -1.00. The maximum Gasteiger partial charge on any atom is 0.139 e. The van der Waals surface area contributed by atoms with Gasteiger partial charge in [0.25, 0.3) is 0 Å². The summed E-state index contributed by atoms with van der Waals surface area (Å²) in [5, 5.41) is 3.10. The van der Waals surface area contributed by atoms with Crippen LogP contribution in [0.2, 0.25) is 0 Å². The van der Waals surface area contributed by atoms with Crippen molar-refractivity contribution < 1.29 is 9.53 Å². The van der Waals surface area contributed by atoms with Gasteiger partial charge in [-0.15, -0.1) is 0 Å². The summed E-state index contributed by atoms with van der Waals surface area (Å²) in [5.74, 6) is 2.74. The summed E-state index contributed by atoms with van der Waals surface area (Å²) >= 11 is 0. The summed E-state index contributed by atoms with van der Waals surface area (Å²) in [6.45, 7) is 8.32. The largest absolute Gasteiger partial charge is 0.380 e. The van der Waals surface area contributed by atoms with Crippen molar-refractivity contribution >= 4 is 11.5 Å². The summed E-state index contributed by atoms with van der Waals surface area (Å²) < 4.78 is 5.60. The monoisotopic (exact) mass is 414 g/mol. The average molecular weight is 415 g/mol. The normalized spacial score (nSPS) is 39.4. The van der Waals surface area contributed by atoms with Crippen LogP contribution in [0.15, 0.2) is 16.6 Å². The van der Waals surface area contributed by atoms with E-state index in [1.54, 1.807) is 5.57 Å². The third kappa shape index (κ3) is 4.07. The third-order valence-electron chi connectivity index (χ3n) is 9.19. The Balaban J connectivity index is 1.34. The third-order valence-corrected chi connectivity index (χ3v) is 9.19. The Kier molecular flexibility index (Phi) is 6.84. The maximum absolute atomic E-state index is 12.6. The van der Waals surface area contributed by atoms with Gasteiger partial charge >= 0.3 is 0 Å². The molecule has 0 heterocycles. The van der Waals surface area contributed by atoms with Crippen LogP contribution in [0.5, 0.6) is 0 Å². The molecule has 5 atom stereocenters. The summed E-state index contributed by atoms with van der Waals surface area (Å²) in [6, 6.07) is 0. The molecule has 1 N–H and O–H groups in total. The van der Waals surface area contributed by atoms with Crippen molar-refractivity contribution in [2.45, 2.75) is 78.1 Å². The smallest absolute Gasteiger partial charge is 0.139 e. The number of carbonyl (C=O) groups is 1. The van der Waals surface area contributed by atoms with Crippen LogP contribution in [0.4, 0.5) is 0 Å². The highest BCUT2D eigenvalue weighted by Crippen LogP contribution is 2.64. The highest BCUT2D eigenvalue weighted by atomic mass is 16.5.